The first-order valence-electron chi connectivity index (χ1n) is 9.96. The lowest BCUT2D eigenvalue weighted by molar-refractivity contribution is 0.0981. The molecule has 0 fully saturated rings. The van der Waals surface area contributed by atoms with Crippen molar-refractivity contribution < 1.29 is 13.2 Å². The molecule has 0 saturated heterocycles. The van der Waals surface area contributed by atoms with Gasteiger partial charge in [-0.05, 0) is 65.7 Å². The molecule has 166 valence electrons. The summed E-state index contributed by atoms with van der Waals surface area (Å²) < 4.78 is 27.0. The molecule has 0 heterocycles. The lowest BCUT2D eigenvalue weighted by Crippen LogP contribution is -2.30. The Bertz CT molecular complexity index is 1410. The maximum Gasteiger partial charge on any atom is 0.265 e. The zero-order chi connectivity index (χ0) is 23.4. The monoisotopic (exact) mass is 477 g/mol. The van der Waals surface area contributed by atoms with Gasteiger partial charge < -0.3 is 11.1 Å². The van der Waals surface area contributed by atoms with Crippen molar-refractivity contribution in [1.29, 1.82) is 0 Å². The molecule has 8 heteroatoms. The Balaban J connectivity index is 1.56. The second-order valence-corrected chi connectivity index (χ2v) is 9.38. The number of sulfonamides is 1. The summed E-state index contributed by atoms with van der Waals surface area (Å²) in [4.78, 5) is 12.7. The van der Waals surface area contributed by atoms with Crippen LogP contribution in [0, 0.1) is 0 Å². The number of carbonyl (C=O) groups excluding carboxylic acids is 1. The number of hydrogen-bond donors (Lipinski definition) is 3. The lowest BCUT2D eigenvalue weighted by Gasteiger charge is -2.13. The van der Waals surface area contributed by atoms with Crippen molar-refractivity contribution in [3.05, 3.63) is 108 Å². The fourth-order valence-corrected chi connectivity index (χ4v) is 4.34. The number of rotatable bonds is 6. The van der Waals surface area contributed by atoms with E-state index in [1.165, 1.54) is 24.3 Å². The van der Waals surface area contributed by atoms with Crippen LogP contribution in [0.5, 0.6) is 0 Å². The van der Waals surface area contributed by atoms with Gasteiger partial charge in [0.1, 0.15) is 0 Å². The Morgan fingerprint density at radius 2 is 1.52 bits per heavy atom. The summed E-state index contributed by atoms with van der Waals surface area (Å²) in [6, 6.07) is 27.4. The maximum absolute atomic E-state index is 12.6. The topological polar surface area (TPSA) is 101 Å². The van der Waals surface area contributed by atoms with Crippen LogP contribution in [0.4, 0.5) is 17.1 Å². The van der Waals surface area contributed by atoms with E-state index in [0.717, 1.165) is 16.8 Å². The molecule has 0 aromatic heterocycles. The smallest absolute Gasteiger partial charge is 0.265 e. The summed E-state index contributed by atoms with van der Waals surface area (Å²) in [5.74, 6) is -0.753. The molecule has 0 aliphatic heterocycles. The molecule has 0 bridgehead atoms. The highest BCUT2D eigenvalue weighted by molar-refractivity contribution is 7.90. The highest BCUT2D eigenvalue weighted by atomic mass is 35.5. The minimum atomic E-state index is -3.99. The van der Waals surface area contributed by atoms with E-state index in [1.54, 1.807) is 24.3 Å². The fourth-order valence-electron chi connectivity index (χ4n) is 3.22. The fraction of sp³-hybridized carbons (Fsp3) is 0. The molecular weight excluding hydrogens is 458 g/mol. The van der Waals surface area contributed by atoms with Gasteiger partial charge in [-0.2, -0.15) is 0 Å². The van der Waals surface area contributed by atoms with Gasteiger partial charge in [-0.3, -0.25) is 4.79 Å². The molecule has 33 heavy (non-hydrogen) atoms. The van der Waals surface area contributed by atoms with Crippen LogP contribution >= 0.6 is 11.6 Å². The van der Waals surface area contributed by atoms with Gasteiger partial charge in [0.15, 0.2) is 0 Å². The highest BCUT2D eigenvalue weighted by Crippen LogP contribution is 2.28. The number of benzene rings is 4. The van der Waals surface area contributed by atoms with E-state index in [-0.39, 0.29) is 10.5 Å². The number of anilines is 3. The number of nitrogen functional groups attached to an aromatic ring is 1. The number of nitrogens with two attached hydrogens (primary N) is 1. The largest absolute Gasteiger partial charge is 0.397 e. The average molecular weight is 478 g/mol. The Labute approximate surface area is 197 Å². The second-order valence-electron chi connectivity index (χ2n) is 7.26. The molecule has 4 aromatic rings. The second kappa shape index (κ2) is 9.36. The van der Waals surface area contributed by atoms with Crippen LogP contribution in [0.2, 0.25) is 5.02 Å². The first-order valence-corrected chi connectivity index (χ1v) is 11.8. The molecule has 6 nitrogen and oxygen atoms in total. The Kier molecular flexibility index (Phi) is 6.35. The summed E-state index contributed by atoms with van der Waals surface area (Å²) in [5, 5.41) is 3.86. The van der Waals surface area contributed by atoms with E-state index in [0.29, 0.717) is 16.4 Å². The Morgan fingerprint density at radius 1 is 0.788 bits per heavy atom. The number of halogens is 1. The van der Waals surface area contributed by atoms with Gasteiger partial charge in [0.2, 0.25) is 0 Å². The SMILES string of the molecule is Nc1ccc(C(=O)NS(=O)(=O)c2ccccc2)cc1Nc1cccc(-c2ccc(Cl)cc2)c1. The van der Waals surface area contributed by atoms with Crippen LogP contribution in [0.3, 0.4) is 0 Å². The van der Waals surface area contributed by atoms with E-state index in [2.05, 4.69) is 10.0 Å². The normalized spacial score (nSPS) is 11.1. The van der Waals surface area contributed by atoms with Crippen molar-refractivity contribution in [2.24, 2.45) is 0 Å². The van der Waals surface area contributed by atoms with Gasteiger partial charge in [-0.15, -0.1) is 0 Å². The number of nitrogens with one attached hydrogen (secondary N) is 2. The van der Waals surface area contributed by atoms with Crippen LogP contribution < -0.4 is 15.8 Å². The standard InChI is InChI=1S/C25H20ClN3O3S/c26-20-12-9-17(10-13-20)18-5-4-6-21(15-18)28-24-16-19(11-14-23(24)27)25(30)29-33(31,32)22-7-2-1-3-8-22/h1-16,28H,27H2,(H,29,30). The van der Waals surface area contributed by atoms with Gasteiger partial charge in [0.05, 0.1) is 16.3 Å². The van der Waals surface area contributed by atoms with Gasteiger partial charge in [-0.25, -0.2) is 13.1 Å². The molecule has 0 atom stereocenters. The minimum absolute atomic E-state index is 0.00570. The predicted molar refractivity (Wildman–Crippen MR) is 132 cm³/mol. The van der Waals surface area contributed by atoms with Gasteiger partial charge in [-0.1, -0.05) is 54.1 Å². The molecule has 1 amide bonds. The first kappa shape index (κ1) is 22.4. The van der Waals surface area contributed by atoms with E-state index >= 15 is 0 Å². The van der Waals surface area contributed by atoms with Crippen LogP contribution in [0.25, 0.3) is 11.1 Å². The highest BCUT2D eigenvalue weighted by Gasteiger charge is 2.19. The van der Waals surface area contributed by atoms with E-state index in [1.807, 2.05) is 48.5 Å². The molecule has 4 rings (SSSR count). The summed E-state index contributed by atoms with van der Waals surface area (Å²) in [6.45, 7) is 0. The van der Waals surface area contributed by atoms with Crippen LogP contribution in [-0.2, 0) is 10.0 Å². The van der Waals surface area contributed by atoms with Crippen LogP contribution in [0.15, 0.2) is 102 Å². The summed E-state index contributed by atoms with van der Waals surface area (Å²) >= 11 is 5.97. The molecule has 0 saturated carbocycles. The molecule has 4 aromatic carbocycles. The van der Waals surface area contributed by atoms with E-state index in [9.17, 15) is 13.2 Å². The average Bonchev–Trinajstić information content (AvgIpc) is 2.81. The Hall–Kier alpha value is -3.81. The van der Waals surface area contributed by atoms with E-state index in [4.69, 9.17) is 17.3 Å². The summed E-state index contributed by atoms with van der Waals surface area (Å²) in [7, 11) is -3.99. The zero-order valence-corrected chi connectivity index (χ0v) is 18.9. The number of amides is 1. The van der Waals surface area contributed by atoms with Crippen molar-refractivity contribution in [3.8, 4) is 11.1 Å². The summed E-state index contributed by atoms with van der Waals surface area (Å²) in [6.07, 6.45) is 0. The molecule has 0 unspecified atom stereocenters. The quantitative estimate of drug-likeness (QED) is 0.320. The minimum Gasteiger partial charge on any atom is -0.397 e. The maximum atomic E-state index is 12.6. The van der Waals surface area contributed by atoms with Crippen molar-refractivity contribution in [3.63, 3.8) is 0 Å². The van der Waals surface area contributed by atoms with Crippen LogP contribution in [-0.4, -0.2) is 14.3 Å². The molecule has 0 aliphatic rings. The van der Waals surface area contributed by atoms with Gasteiger partial charge >= 0.3 is 0 Å². The molecular formula is C25H20ClN3O3S. The first-order chi connectivity index (χ1) is 15.8. The van der Waals surface area contributed by atoms with Gasteiger partial charge in [0, 0.05) is 16.3 Å². The molecule has 0 radical (unpaired) electrons. The number of hydrogen-bond acceptors (Lipinski definition) is 5. The molecule has 0 spiro atoms. The molecule has 0 aliphatic carbocycles. The van der Waals surface area contributed by atoms with Gasteiger partial charge in [0.25, 0.3) is 15.9 Å². The van der Waals surface area contributed by atoms with Crippen molar-refractivity contribution in [1.82, 2.24) is 4.72 Å². The van der Waals surface area contributed by atoms with Crippen LogP contribution in [0.1, 0.15) is 10.4 Å². The van der Waals surface area contributed by atoms with E-state index < -0.39 is 15.9 Å². The third kappa shape index (κ3) is 5.34. The zero-order valence-electron chi connectivity index (χ0n) is 17.3. The molecule has 4 N–H and O–H groups in total. The van der Waals surface area contributed by atoms with Crippen molar-refractivity contribution in [2.45, 2.75) is 4.90 Å². The Morgan fingerprint density at radius 3 is 2.24 bits per heavy atom. The predicted octanol–water partition coefficient (Wildman–Crippen LogP) is 5.45. The lowest BCUT2D eigenvalue weighted by atomic mass is 10.0. The number of carbonyl (C=O) groups is 1. The van der Waals surface area contributed by atoms with Crippen molar-refractivity contribution >= 4 is 44.6 Å². The third-order valence-electron chi connectivity index (χ3n) is 4.92. The van der Waals surface area contributed by atoms with Crippen molar-refractivity contribution in [2.75, 3.05) is 11.1 Å². The summed E-state index contributed by atoms with van der Waals surface area (Å²) in [5.41, 5.74) is 9.86. The third-order valence-corrected chi connectivity index (χ3v) is 6.51.